The van der Waals surface area contributed by atoms with Gasteiger partial charge in [0.25, 0.3) is 5.91 Å². The summed E-state index contributed by atoms with van der Waals surface area (Å²) in [6.45, 7) is 0. The van der Waals surface area contributed by atoms with E-state index < -0.39 is 5.91 Å². The van der Waals surface area contributed by atoms with Gasteiger partial charge in [-0.1, -0.05) is 36.4 Å². The fraction of sp³-hybridized carbons (Fsp3) is 0.0417. The first-order valence-corrected chi connectivity index (χ1v) is 9.86. The summed E-state index contributed by atoms with van der Waals surface area (Å²) in [6, 6.07) is 25.0. The van der Waals surface area contributed by atoms with Crippen LogP contribution in [0.4, 0.5) is 21.9 Å². The minimum atomic E-state index is -0.404. The van der Waals surface area contributed by atoms with Gasteiger partial charge in [-0.05, 0) is 48.5 Å². The van der Waals surface area contributed by atoms with Crippen molar-refractivity contribution in [1.29, 1.82) is 0 Å². The molecule has 0 atom stereocenters. The number of ether oxygens (including phenoxy) is 1. The summed E-state index contributed by atoms with van der Waals surface area (Å²) in [7, 11) is 1.49. The normalized spacial score (nSPS) is 10.3. The van der Waals surface area contributed by atoms with Crippen LogP contribution in [0.2, 0.25) is 0 Å². The summed E-state index contributed by atoms with van der Waals surface area (Å²) in [4.78, 5) is 24.9. The van der Waals surface area contributed by atoms with E-state index in [0.717, 1.165) is 5.69 Å². The Labute approximate surface area is 184 Å². The third kappa shape index (κ3) is 4.93. The number of benzene rings is 3. The van der Waals surface area contributed by atoms with Gasteiger partial charge in [0.2, 0.25) is 0 Å². The van der Waals surface area contributed by atoms with Crippen molar-refractivity contribution in [3.8, 4) is 11.4 Å². The molecule has 3 amide bonds. The Hall–Kier alpha value is -4.59. The molecule has 4 rings (SSSR count). The number of amides is 3. The van der Waals surface area contributed by atoms with Crippen LogP contribution in [0, 0.1) is 0 Å². The number of para-hydroxylation sites is 2. The lowest BCUT2D eigenvalue weighted by atomic mass is 10.2. The average molecular weight is 427 g/mol. The van der Waals surface area contributed by atoms with E-state index >= 15 is 0 Å². The number of carbonyl (C=O) groups is 2. The third-order valence-corrected chi connectivity index (χ3v) is 4.57. The topological polar surface area (TPSA) is 97.3 Å². The van der Waals surface area contributed by atoms with Gasteiger partial charge in [0.05, 0.1) is 19.0 Å². The van der Waals surface area contributed by atoms with Gasteiger partial charge in [-0.3, -0.25) is 4.79 Å². The second kappa shape index (κ2) is 9.48. The lowest BCUT2D eigenvalue weighted by Crippen LogP contribution is -2.19. The summed E-state index contributed by atoms with van der Waals surface area (Å²) < 4.78 is 6.91. The number of urea groups is 1. The molecule has 0 aliphatic carbocycles. The van der Waals surface area contributed by atoms with E-state index in [1.54, 1.807) is 47.3 Å². The maximum Gasteiger partial charge on any atom is 0.323 e. The molecule has 32 heavy (non-hydrogen) atoms. The number of carbonyl (C=O) groups excluding carboxylic acids is 2. The number of hydrogen-bond acceptors (Lipinski definition) is 4. The Bertz CT molecular complexity index is 1210. The fourth-order valence-corrected chi connectivity index (χ4v) is 3.02. The number of methoxy groups -OCH3 is 1. The number of nitrogens with one attached hydrogen (secondary N) is 3. The van der Waals surface area contributed by atoms with Gasteiger partial charge in [-0.15, -0.1) is 0 Å². The number of nitrogens with zero attached hydrogens (tertiary/aromatic N) is 2. The van der Waals surface area contributed by atoms with Gasteiger partial charge in [-0.25, -0.2) is 9.48 Å². The predicted molar refractivity (Wildman–Crippen MR) is 124 cm³/mol. The van der Waals surface area contributed by atoms with Crippen LogP contribution in [0.25, 0.3) is 5.69 Å². The summed E-state index contributed by atoms with van der Waals surface area (Å²) >= 11 is 0. The first kappa shape index (κ1) is 20.7. The van der Waals surface area contributed by atoms with E-state index in [9.17, 15) is 9.59 Å². The molecule has 4 aromatic rings. The minimum Gasteiger partial charge on any atom is -0.493 e. The largest absolute Gasteiger partial charge is 0.493 e. The quantitative estimate of drug-likeness (QED) is 0.413. The highest BCUT2D eigenvalue weighted by atomic mass is 16.5. The molecule has 0 saturated carbocycles. The van der Waals surface area contributed by atoms with Crippen molar-refractivity contribution in [2.45, 2.75) is 0 Å². The Balaban J connectivity index is 1.41. The highest BCUT2D eigenvalue weighted by Gasteiger charge is 2.18. The van der Waals surface area contributed by atoms with Crippen LogP contribution in [-0.2, 0) is 0 Å². The van der Waals surface area contributed by atoms with Crippen molar-refractivity contribution in [3.05, 3.63) is 96.8 Å². The van der Waals surface area contributed by atoms with Crippen LogP contribution in [-0.4, -0.2) is 28.8 Å². The lowest BCUT2D eigenvalue weighted by Gasteiger charge is -2.09. The molecule has 0 aliphatic rings. The maximum atomic E-state index is 12.8. The molecule has 0 saturated heterocycles. The van der Waals surface area contributed by atoms with Crippen LogP contribution in [0.3, 0.4) is 0 Å². The summed E-state index contributed by atoms with van der Waals surface area (Å²) in [6.07, 6.45) is 1.66. The summed E-state index contributed by atoms with van der Waals surface area (Å²) in [5.74, 6) is -0.0405. The van der Waals surface area contributed by atoms with E-state index in [-0.39, 0.29) is 11.7 Å². The zero-order valence-electron chi connectivity index (χ0n) is 17.3. The SMILES string of the molecule is COc1cn(-c2ccccc2)nc1C(=O)Nc1ccc(NC(=O)Nc2ccccc2)cc1. The molecule has 0 aliphatic heterocycles. The Morgan fingerprint density at radius 1 is 0.750 bits per heavy atom. The van der Waals surface area contributed by atoms with Crippen LogP contribution >= 0.6 is 0 Å². The number of hydrogen-bond donors (Lipinski definition) is 3. The Morgan fingerprint density at radius 3 is 1.88 bits per heavy atom. The standard InChI is InChI=1S/C24H21N5O3/c1-32-21-16-29(20-10-6-3-7-11-20)28-22(21)23(30)25-18-12-14-19(15-13-18)27-24(31)26-17-8-4-2-5-9-17/h2-16H,1H3,(H,25,30)(H2,26,27,31). The van der Waals surface area contributed by atoms with E-state index in [1.807, 2.05) is 48.5 Å². The monoisotopic (exact) mass is 427 g/mol. The summed E-state index contributed by atoms with van der Waals surface area (Å²) in [5.41, 5.74) is 2.82. The van der Waals surface area contributed by atoms with Crippen molar-refractivity contribution >= 4 is 29.0 Å². The van der Waals surface area contributed by atoms with Gasteiger partial charge in [0.1, 0.15) is 0 Å². The van der Waals surface area contributed by atoms with Gasteiger partial charge in [-0.2, -0.15) is 5.10 Å². The maximum absolute atomic E-state index is 12.8. The molecule has 3 N–H and O–H groups in total. The highest BCUT2D eigenvalue weighted by molar-refractivity contribution is 6.05. The molecule has 3 aromatic carbocycles. The second-order valence-electron chi connectivity index (χ2n) is 6.80. The molecule has 8 nitrogen and oxygen atoms in total. The van der Waals surface area contributed by atoms with E-state index in [1.165, 1.54) is 7.11 Å². The third-order valence-electron chi connectivity index (χ3n) is 4.57. The first-order chi connectivity index (χ1) is 15.6. The van der Waals surface area contributed by atoms with Crippen molar-refractivity contribution in [3.63, 3.8) is 0 Å². The molecule has 0 radical (unpaired) electrons. The van der Waals surface area contributed by atoms with Crippen molar-refractivity contribution in [2.24, 2.45) is 0 Å². The number of aromatic nitrogens is 2. The zero-order valence-corrected chi connectivity index (χ0v) is 17.3. The van der Waals surface area contributed by atoms with E-state index in [0.29, 0.717) is 22.8 Å². The molecule has 1 heterocycles. The Kier molecular flexibility index (Phi) is 6.12. The van der Waals surface area contributed by atoms with Crippen molar-refractivity contribution in [1.82, 2.24) is 9.78 Å². The van der Waals surface area contributed by atoms with Gasteiger partial charge in [0, 0.05) is 17.1 Å². The van der Waals surface area contributed by atoms with Crippen LogP contribution in [0.5, 0.6) is 5.75 Å². The van der Waals surface area contributed by atoms with Crippen molar-refractivity contribution < 1.29 is 14.3 Å². The highest BCUT2D eigenvalue weighted by Crippen LogP contribution is 2.21. The smallest absolute Gasteiger partial charge is 0.323 e. The van der Waals surface area contributed by atoms with E-state index in [4.69, 9.17) is 4.74 Å². The average Bonchev–Trinajstić information content (AvgIpc) is 3.26. The molecule has 0 spiro atoms. The Morgan fingerprint density at radius 2 is 1.28 bits per heavy atom. The molecule has 0 unspecified atom stereocenters. The van der Waals surface area contributed by atoms with Gasteiger partial charge >= 0.3 is 6.03 Å². The van der Waals surface area contributed by atoms with Gasteiger partial charge in [0.15, 0.2) is 11.4 Å². The predicted octanol–water partition coefficient (Wildman–Crippen LogP) is 4.78. The lowest BCUT2D eigenvalue weighted by molar-refractivity contribution is 0.101. The fourth-order valence-electron chi connectivity index (χ4n) is 3.02. The molecule has 160 valence electrons. The second-order valence-corrected chi connectivity index (χ2v) is 6.80. The van der Waals surface area contributed by atoms with Crippen LogP contribution in [0.15, 0.2) is 91.1 Å². The van der Waals surface area contributed by atoms with Crippen LogP contribution < -0.4 is 20.7 Å². The summed E-state index contributed by atoms with van der Waals surface area (Å²) in [5, 5.41) is 12.6. The number of anilines is 3. The minimum absolute atomic E-state index is 0.167. The zero-order chi connectivity index (χ0) is 22.3. The molecule has 0 fully saturated rings. The molecule has 0 bridgehead atoms. The van der Waals surface area contributed by atoms with Crippen LogP contribution in [0.1, 0.15) is 10.5 Å². The van der Waals surface area contributed by atoms with Crippen molar-refractivity contribution in [2.75, 3.05) is 23.1 Å². The molecular weight excluding hydrogens is 406 g/mol. The number of rotatable bonds is 6. The van der Waals surface area contributed by atoms with Gasteiger partial charge < -0.3 is 20.7 Å². The first-order valence-electron chi connectivity index (χ1n) is 9.86. The molecule has 1 aromatic heterocycles. The molecular formula is C24H21N5O3. The molecule has 8 heteroatoms. The van der Waals surface area contributed by atoms with E-state index in [2.05, 4.69) is 21.0 Å².